The van der Waals surface area contributed by atoms with Gasteiger partial charge in [-0.05, 0) is 43.0 Å². The number of piperidine rings is 1. The van der Waals surface area contributed by atoms with Crippen LogP contribution in [0.3, 0.4) is 0 Å². The van der Waals surface area contributed by atoms with Gasteiger partial charge >= 0.3 is 0 Å². The Morgan fingerprint density at radius 3 is 2.52 bits per heavy atom. The van der Waals surface area contributed by atoms with Gasteiger partial charge in [-0.2, -0.15) is 9.29 Å². The van der Waals surface area contributed by atoms with Crippen LogP contribution in [0.5, 0.6) is 0 Å². The van der Waals surface area contributed by atoms with Crippen LogP contribution in [-0.2, 0) is 15.8 Å². The zero-order chi connectivity index (χ0) is 23.3. The lowest BCUT2D eigenvalue weighted by atomic mass is 9.98. The Morgan fingerprint density at radius 2 is 1.82 bits per heavy atom. The first-order valence-electron chi connectivity index (χ1n) is 10.8. The average Bonchev–Trinajstić information content (AvgIpc) is 3.27. The van der Waals surface area contributed by atoms with Crippen molar-refractivity contribution in [3.63, 3.8) is 0 Å². The largest absolute Gasteiger partial charge is 0.352 e. The number of hydrogen-bond donors (Lipinski definition) is 1. The summed E-state index contributed by atoms with van der Waals surface area (Å²) in [6, 6.07) is 15.9. The van der Waals surface area contributed by atoms with Crippen LogP contribution in [0, 0.1) is 12.8 Å². The fourth-order valence-electron chi connectivity index (χ4n) is 3.75. The van der Waals surface area contributed by atoms with E-state index in [9.17, 15) is 13.2 Å². The van der Waals surface area contributed by atoms with Crippen LogP contribution in [0.1, 0.15) is 34.9 Å². The van der Waals surface area contributed by atoms with Gasteiger partial charge in [-0.1, -0.05) is 35.5 Å². The molecule has 174 valence electrons. The Morgan fingerprint density at radius 1 is 1.12 bits per heavy atom. The van der Waals surface area contributed by atoms with Gasteiger partial charge in [-0.25, -0.2) is 8.42 Å². The molecule has 1 N–H and O–H groups in total. The molecule has 8 nitrogen and oxygen atoms in total. The molecule has 1 aliphatic heterocycles. The van der Waals surface area contributed by atoms with Crippen LogP contribution in [0.15, 0.2) is 68.9 Å². The predicted octanol–water partition coefficient (Wildman–Crippen LogP) is 3.50. The number of carbonyl (C=O) groups is 1. The minimum atomic E-state index is -3.47. The van der Waals surface area contributed by atoms with E-state index < -0.39 is 10.0 Å². The molecule has 0 spiro atoms. The molecule has 0 radical (unpaired) electrons. The van der Waals surface area contributed by atoms with E-state index in [4.69, 9.17) is 4.52 Å². The molecule has 4 rings (SSSR count). The second kappa shape index (κ2) is 10.5. The minimum Gasteiger partial charge on any atom is -0.352 e. The van der Waals surface area contributed by atoms with Gasteiger partial charge in [0.25, 0.3) is 5.91 Å². The first-order valence-corrected chi connectivity index (χ1v) is 13.2. The van der Waals surface area contributed by atoms with E-state index in [1.807, 2.05) is 18.2 Å². The van der Waals surface area contributed by atoms with Crippen molar-refractivity contribution >= 4 is 27.7 Å². The highest BCUT2D eigenvalue weighted by molar-refractivity contribution is 7.98. The molecule has 1 amide bonds. The van der Waals surface area contributed by atoms with Gasteiger partial charge in [0.2, 0.25) is 15.9 Å². The number of aromatic nitrogens is 2. The van der Waals surface area contributed by atoms with E-state index in [1.165, 1.54) is 16.1 Å². The van der Waals surface area contributed by atoms with Crippen LogP contribution >= 0.6 is 11.8 Å². The van der Waals surface area contributed by atoms with Crippen molar-refractivity contribution in [1.82, 2.24) is 19.8 Å². The number of rotatable bonds is 8. The van der Waals surface area contributed by atoms with E-state index >= 15 is 0 Å². The molecule has 1 aromatic heterocycles. The monoisotopic (exact) mass is 486 g/mol. The molecule has 0 aliphatic carbocycles. The number of amides is 1. The number of carbonyl (C=O) groups excluding carboxylic acids is 1. The summed E-state index contributed by atoms with van der Waals surface area (Å²) >= 11 is 1.48. The minimum absolute atomic E-state index is 0.137. The third-order valence-corrected chi connectivity index (χ3v) is 8.55. The first-order chi connectivity index (χ1) is 15.9. The number of nitrogens with zero attached hydrogens (tertiary/aromatic N) is 3. The molecule has 3 aromatic rings. The quantitative estimate of drug-likeness (QED) is 0.486. The molecule has 33 heavy (non-hydrogen) atoms. The van der Waals surface area contributed by atoms with Crippen molar-refractivity contribution in [2.24, 2.45) is 5.92 Å². The van der Waals surface area contributed by atoms with Crippen LogP contribution < -0.4 is 5.32 Å². The molecular formula is C23H26N4O4S2. The first kappa shape index (κ1) is 23.5. The number of aryl methyl sites for hydroxylation is 1. The van der Waals surface area contributed by atoms with E-state index in [0.717, 1.165) is 4.90 Å². The Hall–Kier alpha value is -2.69. The van der Waals surface area contributed by atoms with Crippen molar-refractivity contribution in [2.75, 3.05) is 19.6 Å². The lowest BCUT2D eigenvalue weighted by Gasteiger charge is -2.31. The molecular weight excluding hydrogens is 460 g/mol. The summed E-state index contributed by atoms with van der Waals surface area (Å²) in [7, 11) is -3.47. The molecule has 10 heteroatoms. The van der Waals surface area contributed by atoms with Crippen molar-refractivity contribution in [2.45, 2.75) is 35.3 Å². The molecule has 1 aliphatic rings. The molecule has 2 heterocycles. The van der Waals surface area contributed by atoms with Gasteiger partial charge in [0.05, 0.1) is 16.2 Å². The molecule has 0 saturated carbocycles. The SMILES string of the molecule is Cc1nc(CSc2ccccc2C(=O)NCC2CCN(S(=O)(=O)c3ccccc3)CC2)no1. The average molecular weight is 487 g/mol. The fourth-order valence-corrected chi connectivity index (χ4v) is 6.13. The summed E-state index contributed by atoms with van der Waals surface area (Å²) in [6.45, 7) is 3.16. The third-order valence-electron chi connectivity index (χ3n) is 5.56. The van der Waals surface area contributed by atoms with E-state index in [-0.39, 0.29) is 11.8 Å². The van der Waals surface area contributed by atoms with Gasteiger partial charge in [0.15, 0.2) is 5.82 Å². The van der Waals surface area contributed by atoms with E-state index in [1.54, 1.807) is 43.3 Å². The summed E-state index contributed by atoms with van der Waals surface area (Å²) in [6.07, 6.45) is 1.42. The highest BCUT2D eigenvalue weighted by Gasteiger charge is 2.29. The molecule has 0 atom stereocenters. The standard InChI is InChI=1S/C23H26N4O4S2/c1-17-25-22(26-31-17)16-32-21-10-6-5-9-20(21)23(28)24-15-18-11-13-27(14-12-18)33(29,30)19-7-3-2-4-8-19/h2-10,18H,11-16H2,1H3,(H,24,28). The van der Waals surface area contributed by atoms with Crippen molar-refractivity contribution < 1.29 is 17.7 Å². The number of sulfonamides is 1. The Labute approximate surface area is 197 Å². The van der Waals surface area contributed by atoms with Gasteiger partial charge in [-0.3, -0.25) is 4.79 Å². The second-order valence-electron chi connectivity index (χ2n) is 7.88. The lowest BCUT2D eigenvalue weighted by Crippen LogP contribution is -2.41. The van der Waals surface area contributed by atoms with E-state index in [0.29, 0.717) is 60.4 Å². The topological polar surface area (TPSA) is 105 Å². The summed E-state index contributed by atoms with van der Waals surface area (Å²) < 4.78 is 32.1. The van der Waals surface area contributed by atoms with Crippen molar-refractivity contribution in [1.29, 1.82) is 0 Å². The third kappa shape index (κ3) is 5.82. The van der Waals surface area contributed by atoms with Crippen LogP contribution in [0.25, 0.3) is 0 Å². The molecule has 0 unspecified atom stereocenters. The zero-order valence-corrected chi connectivity index (χ0v) is 19.9. The van der Waals surface area contributed by atoms with Crippen LogP contribution in [-0.4, -0.2) is 48.4 Å². The second-order valence-corrected chi connectivity index (χ2v) is 10.8. The van der Waals surface area contributed by atoms with Gasteiger partial charge < -0.3 is 9.84 Å². The maximum atomic E-state index is 12.9. The van der Waals surface area contributed by atoms with Crippen LogP contribution in [0.4, 0.5) is 0 Å². The number of benzene rings is 2. The summed E-state index contributed by atoms with van der Waals surface area (Å²) in [5.74, 6) is 1.71. The summed E-state index contributed by atoms with van der Waals surface area (Å²) in [5, 5.41) is 6.92. The van der Waals surface area contributed by atoms with Gasteiger partial charge in [0, 0.05) is 31.5 Å². The molecule has 1 saturated heterocycles. The Balaban J connectivity index is 1.29. The van der Waals surface area contributed by atoms with Crippen molar-refractivity contribution in [3.8, 4) is 0 Å². The number of thioether (sulfide) groups is 1. The lowest BCUT2D eigenvalue weighted by molar-refractivity contribution is 0.0938. The highest BCUT2D eigenvalue weighted by Crippen LogP contribution is 2.26. The maximum absolute atomic E-state index is 12.9. The smallest absolute Gasteiger partial charge is 0.252 e. The number of nitrogens with one attached hydrogen (secondary N) is 1. The highest BCUT2D eigenvalue weighted by atomic mass is 32.2. The normalized spacial score (nSPS) is 15.4. The summed E-state index contributed by atoms with van der Waals surface area (Å²) in [4.78, 5) is 18.2. The number of hydrogen-bond acceptors (Lipinski definition) is 7. The molecule has 2 aromatic carbocycles. The van der Waals surface area contributed by atoms with Crippen molar-refractivity contribution in [3.05, 3.63) is 71.9 Å². The zero-order valence-electron chi connectivity index (χ0n) is 18.3. The van der Waals surface area contributed by atoms with E-state index in [2.05, 4.69) is 15.5 Å². The summed E-state index contributed by atoms with van der Waals surface area (Å²) in [5.41, 5.74) is 0.604. The molecule has 0 bridgehead atoms. The maximum Gasteiger partial charge on any atom is 0.252 e. The predicted molar refractivity (Wildman–Crippen MR) is 125 cm³/mol. The van der Waals surface area contributed by atoms with Gasteiger partial charge in [-0.15, -0.1) is 11.8 Å². The molecule has 1 fully saturated rings. The fraction of sp³-hybridized carbons (Fsp3) is 0.348. The van der Waals surface area contributed by atoms with Gasteiger partial charge in [0.1, 0.15) is 0 Å². The Bertz CT molecular complexity index is 1190. The Kier molecular flexibility index (Phi) is 7.46. The van der Waals surface area contributed by atoms with Crippen LogP contribution in [0.2, 0.25) is 0 Å².